The van der Waals surface area contributed by atoms with Crippen LogP contribution in [-0.4, -0.2) is 6.04 Å². The molecule has 33 heavy (non-hydrogen) atoms. The van der Waals surface area contributed by atoms with Gasteiger partial charge >= 0.3 is 0 Å². The van der Waals surface area contributed by atoms with Crippen molar-refractivity contribution in [2.75, 3.05) is 0 Å². The molecule has 0 fully saturated rings. The lowest BCUT2D eigenvalue weighted by Gasteiger charge is -2.37. The van der Waals surface area contributed by atoms with Crippen molar-refractivity contribution in [2.45, 2.75) is 128 Å². The standard InChI is InChI=1S/C32H51N/c1-3-4-5-6-7-8-9-10-11-12-13-14-15-16-23-28-31(33)32(2,29-24-19-17-20-25-29)30-26-21-18-22-27-30/h17-22,24-27,31H,3-16,23,28,33H2,1-2H3. The van der Waals surface area contributed by atoms with Gasteiger partial charge in [-0.25, -0.2) is 0 Å². The van der Waals surface area contributed by atoms with Crippen molar-refractivity contribution in [1.82, 2.24) is 0 Å². The molecule has 0 aliphatic carbocycles. The van der Waals surface area contributed by atoms with Gasteiger partial charge in [0.1, 0.15) is 0 Å². The summed E-state index contributed by atoms with van der Waals surface area (Å²) in [6.45, 7) is 4.62. The van der Waals surface area contributed by atoms with Crippen molar-refractivity contribution in [3.63, 3.8) is 0 Å². The molecule has 0 spiro atoms. The van der Waals surface area contributed by atoms with Gasteiger partial charge in [-0.05, 0) is 24.5 Å². The van der Waals surface area contributed by atoms with E-state index in [-0.39, 0.29) is 11.5 Å². The number of hydrogen-bond donors (Lipinski definition) is 1. The third-order valence-electron chi connectivity index (χ3n) is 7.61. The van der Waals surface area contributed by atoms with Crippen LogP contribution in [-0.2, 0) is 5.41 Å². The summed E-state index contributed by atoms with van der Waals surface area (Å²) >= 11 is 0. The van der Waals surface area contributed by atoms with Crippen LogP contribution >= 0.6 is 0 Å². The fraction of sp³-hybridized carbons (Fsp3) is 0.625. The van der Waals surface area contributed by atoms with Crippen molar-refractivity contribution >= 4 is 0 Å². The Morgan fingerprint density at radius 3 is 1.24 bits per heavy atom. The molecule has 2 aromatic carbocycles. The lowest BCUT2D eigenvalue weighted by molar-refractivity contribution is 0.401. The summed E-state index contributed by atoms with van der Waals surface area (Å²) < 4.78 is 0. The van der Waals surface area contributed by atoms with Crippen LogP contribution in [0.5, 0.6) is 0 Å². The molecule has 2 rings (SSSR count). The predicted octanol–water partition coefficient (Wildman–Crippen LogP) is 9.58. The van der Waals surface area contributed by atoms with Gasteiger partial charge in [-0.3, -0.25) is 0 Å². The second-order valence-electron chi connectivity index (χ2n) is 10.3. The highest BCUT2D eigenvalue weighted by Gasteiger charge is 2.34. The summed E-state index contributed by atoms with van der Waals surface area (Å²) in [6.07, 6.45) is 22.1. The summed E-state index contributed by atoms with van der Waals surface area (Å²) in [5.41, 5.74) is 9.38. The molecule has 0 saturated heterocycles. The Hall–Kier alpha value is -1.60. The molecule has 0 aromatic heterocycles. The summed E-state index contributed by atoms with van der Waals surface area (Å²) in [7, 11) is 0. The summed E-state index contributed by atoms with van der Waals surface area (Å²) in [4.78, 5) is 0. The SMILES string of the molecule is CCCCCCCCCCCCCCCCCC(N)C(C)(c1ccccc1)c1ccccc1. The van der Waals surface area contributed by atoms with Crippen molar-refractivity contribution in [2.24, 2.45) is 5.73 Å². The molecule has 1 heteroatoms. The monoisotopic (exact) mass is 449 g/mol. The number of nitrogens with two attached hydrogens (primary N) is 1. The van der Waals surface area contributed by atoms with E-state index in [9.17, 15) is 0 Å². The third-order valence-corrected chi connectivity index (χ3v) is 7.61. The molecule has 0 saturated carbocycles. The normalized spacial score (nSPS) is 12.7. The third kappa shape index (κ3) is 10.0. The number of benzene rings is 2. The lowest BCUT2D eigenvalue weighted by atomic mass is 9.69. The highest BCUT2D eigenvalue weighted by atomic mass is 14.7. The fourth-order valence-electron chi connectivity index (χ4n) is 5.19. The van der Waals surface area contributed by atoms with E-state index in [2.05, 4.69) is 74.5 Å². The van der Waals surface area contributed by atoms with Crippen LogP contribution in [0.2, 0.25) is 0 Å². The van der Waals surface area contributed by atoms with E-state index in [1.807, 2.05) is 0 Å². The smallest absolute Gasteiger partial charge is 0.0325 e. The molecular formula is C32H51N. The summed E-state index contributed by atoms with van der Waals surface area (Å²) in [5, 5.41) is 0. The van der Waals surface area contributed by atoms with Gasteiger partial charge in [0.05, 0.1) is 0 Å². The molecule has 0 aliphatic rings. The minimum atomic E-state index is -0.140. The average Bonchev–Trinajstić information content (AvgIpc) is 2.86. The van der Waals surface area contributed by atoms with E-state index >= 15 is 0 Å². The minimum Gasteiger partial charge on any atom is -0.327 e. The first-order chi connectivity index (χ1) is 16.2. The Morgan fingerprint density at radius 1 is 0.545 bits per heavy atom. The molecule has 184 valence electrons. The molecule has 0 radical (unpaired) electrons. The Balaban J connectivity index is 1.59. The molecule has 2 N–H and O–H groups in total. The van der Waals surface area contributed by atoms with Gasteiger partial charge < -0.3 is 5.73 Å². The highest BCUT2D eigenvalue weighted by molar-refractivity contribution is 5.40. The number of rotatable bonds is 19. The molecule has 0 amide bonds. The maximum absolute atomic E-state index is 6.87. The second-order valence-corrected chi connectivity index (χ2v) is 10.3. The maximum Gasteiger partial charge on any atom is 0.0325 e. The lowest BCUT2D eigenvalue weighted by Crippen LogP contribution is -2.44. The fourth-order valence-corrected chi connectivity index (χ4v) is 5.19. The summed E-state index contributed by atoms with van der Waals surface area (Å²) in [6, 6.07) is 21.8. The minimum absolute atomic E-state index is 0.129. The Kier molecular flexibility index (Phi) is 14.2. The molecule has 1 nitrogen and oxygen atoms in total. The number of unbranched alkanes of at least 4 members (excludes halogenated alkanes) is 14. The number of hydrogen-bond acceptors (Lipinski definition) is 1. The Morgan fingerprint density at radius 2 is 0.879 bits per heavy atom. The van der Waals surface area contributed by atoms with Gasteiger partial charge in [0.2, 0.25) is 0 Å². The van der Waals surface area contributed by atoms with E-state index < -0.39 is 0 Å². The molecule has 0 bridgehead atoms. The first-order valence-electron chi connectivity index (χ1n) is 14.1. The van der Waals surface area contributed by atoms with Gasteiger partial charge in [-0.15, -0.1) is 0 Å². The second kappa shape index (κ2) is 16.9. The Labute approximate surface area is 205 Å². The molecule has 1 unspecified atom stereocenters. The van der Waals surface area contributed by atoms with Gasteiger partial charge in [0.25, 0.3) is 0 Å². The molecule has 2 aromatic rings. The van der Waals surface area contributed by atoms with Crippen LogP contribution in [0.3, 0.4) is 0 Å². The predicted molar refractivity (Wildman–Crippen MR) is 147 cm³/mol. The molecule has 0 heterocycles. The topological polar surface area (TPSA) is 26.0 Å². The van der Waals surface area contributed by atoms with E-state index in [1.54, 1.807) is 0 Å². The highest BCUT2D eigenvalue weighted by Crippen LogP contribution is 2.36. The van der Waals surface area contributed by atoms with E-state index in [0.29, 0.717) is 0 Å². The maximum atomic E-state index is 6.87. The molecular weight excluding hydrogens is 398 g/mol. The Bertz CT molecular complexity index is 653. The van der Waals surface area contributed by atoms with Crippen LogP contribution in [0.4, 0.5) is 0 Å². The van der Waals surface area contributed by atoms with Crippen molar-refractivity contribution < 1.29 is 0 Å². The van der Waals surface area contributed by atoms with Crippen molar-refractivity contribution in [3.05, 3.63) is 71.8 Å². The average molecular weight is 450 g/mol. The van der Waals surface area contributed by atoms with Crippen LogP contribution in [0.25, 0.3) is 0 Å². The van der Waals surface area contributed by atoms with Crippen LogP contribution in [0.15, 0.2) is 60.7 Å². The zero-order valence-corrected chi connectivity index (χ0v) is 21.7. The van der Waals surface area contributed by atoms with Crippen LogP contribution in [0.1, 0.15) is 128 Å². The van der Waals surface area contributed by atoms with E-state index in [0.717, 1.165) is 6.42 Å². The molecule has 1 atom stereocenters. The van der Waals surface area contributed by atoms with Gasteiger partial charge in [-0.2, -0.15) is 0 Å². The molecule has 0 aliphatic heterocycles. The van der Waals surface area contributed by atoms with E-state index in [4.69, 9.17) is 5.73 Å². The van der Waals surface area contributed by atoms with Gasteiger partial charge in [-0.1, -0.05) is 164 Å². The van der Waals surface area contributed by atoms with Crippen LogP contribution in [0, 0.1) is 0 Å². The van der Waals surface area contributed by atoms with Gasteiger partial charge in [0.15, 0.2) is 0 Å². The van der Waals surface area contributed by atoms with Crippen molar-refractivity contribution in [1.29, 1.82) is 0 Å². The zero-order chi connectivity index (χ0) is 23.6. The van der Waals surface area contributed by atoms with Crippen LogP contribution < -0.4 is 5.73 Å². The van der Waals surface area contributed by atoms with E-state index in [1.165, 1.54) is 107 Å². The zero-order valence-electron chi connectivity index (χ0n) is 21.7. The first-order valence-corrected chi connectivity index (χ1v) is 14.1. The van der Waals surface area contributed by atoms with Gasteiger partial charge in [0, 0.05) is 11.5 Å². The first kappa shape index (κ1) is 27.6. The summed E-state index contributed by atoms with van der Waals surface area (Å²) in [5.74, 6) is 0. The largest absolute Gasteiger partial charge is 0.327 e. The quantitative estimate of drug-likeness (QED) is 0.212. The van der Waals surface area contributed by atoms with Crippen molar-refractivity contribution in [3.8, 4) is 0 Å².